The van der Waals surface area contributed by atoms with Crippen molar-refractivity contribution < 1.29 is 9.53 Å². The number of nitrogens with zero attached hydrogens (tertiary/aromatic N) is 1. The van der Waals surface area contributed by atoms with Gasteiger partial charge in [0.15, 0.2) is 0 Å². The van der Waals surface area contributed by atoms with Gasteiger partial charge in [0, 0.05) is 24.2 Å². The number of nitrogens with one attached hydrogen (secondary N) is 1. The molecule has 1 amide bonds. The van der Waals surface area contributed by atoms with Crippen molar-refractivity contribution in [3.63, 3.8) is 0 Å². The van der Waals surface area contributed by atoms with Gasteiger partial charge in [-0.1, -0.05) is 54.1 Å². The third-order valence-electron chi connectivity index (χ3n) is 6.23. The molecule has 1 N–H and O–H groups in total. The van der Waals surface area contributed by atoms with Crippen molar-refractivity contribution >= 4 is 17.5 Å². The molecule has 0 spiro atoms. The minimum Gasteiger partial charge on any atom is -0.497 e. The summed E-state index contributed by atoms with van der Waals surface area (Å²) in [5, 5.41) is 4.03. The molecule has 1 unspecified atom stereocenters. The Morgan fingerprint density at radius 2 is 1.85 bits per heavy atom. The number of amides is 1. The fourth-order valence-electron chi connectivity index (χ4n) is 4.40. The Hall–Kier alpha value is -2.82. The maximum Gasteiger partial charge on any atom is 0.224 e. The predicted molar refractivity (Wildman–Crippen MR) is 135 cm³/mol. The zero-order valence-corrected chi connectivity index (χ0v) is 20.1. The number of rotatable bonds is 7. The summed E-state index contributed by atoms with van der Waals surface area (Å²) in [4.78, 5) is 15.0. The van der Waals surface area contributed by atoms with Crippen LogP contribution in [0.25, 0.3) is 11.1 Å². The zero-order chi connectivity index (χ0) is 23.2. The second-order valence-corrected chi connectivity index (χ2v) is 9.24. The van der Waals surface area contributed by atoms with Crippen LogP contribution in [0, 0.1) is 6.92 Å². The first kappa shape index (κ1) is 23.3. The molecular weight excluding hydrogens is 432 g/mol. The molecule has 4 nitrogen and oxygen atoms in total. The van der Waals surface area contributed by atoms with Crippen LogP contribution in [-0.2, 0) is 17.8 Å². The molecule has 3 aromatic rings. The summed E-state index contributed by atoms with van der Waals surface area (Å²) in [6.45, 7) is 4.81. The largest absolute Gasteiger partial charge is 0.497 e. The number of aryl methyl sites for hydroxylation is 1. The van der Waals surface area contributed by atoms with E-state index in [1.165, 1.54) is 11.1 Å². The van der Waals surface area contributed by atoms with Crippen LogP contribution in [0.5, 0.6) is 5.75 Å². The fourth-order valence-corrected chi connectivity index (χ4v) is 4.58. The summed E-state index contributed by atoms with van der Waals surface area (Å²) < 4.78 is 5.19. The molecule has 33 heavy (non-hydrogen) atoms. The summed E-state index contributed by atoms with van der Waals surface area (Å²) in [5.74, 6) is 0.877. The molecule has 0 aromatic heterocycles. The van der Waals surface area contributed by atoms with Crippen molar-refractivity contribution in [2.45, 2.75) is 38.8 Å². The minimum absolute atomic E-state index is 0.0743. The molecule has 0 saturated carbocycles. The van der Waals surface area contributed by atoms with Gasteiger partial charge in [-0.05, 0) is 78.4 Å². The molecule has 1 heterocycles. The Balaban J connectivity index is 1.34. The monoisotopic (exact) mass is 462 g/mol. The van der Waals surface area contributed by atoms with Gasteiger partial charge in [0.25, 0.3) is 0 Å². The molecular formula is C28H31ClN2O2. The summed E-state index contributed by atoms with van der Waals surface area (Å²) in [6, 6.07) is 22.7. The van der Waals surface area contributed by atoms with Gasteiger partial charge in [-0.25, -0.2) is 0 Å². The van der Waals surface area contributed by atoms with E-state index in [1.54, 1.807) is 7.11 Å². The Kier molecular flexibility index (Phi) is 7.69. The van der Waals surface area contributed by atoms with Gasteiger partial charge in [-0.15, -0.1) is 0 Å². The Morgan fingerprint density at radius 3 is 2.61 bits per heavy atom. The van der Waals surface area contributed by atoms with Crippen LogP contribution in [0.2, 0.25) is 5.02 Å². The highest BCUT2D eigenvalue weighted by atomic mass is 35.5. The topological polar surface area (TPSA) is 41.6 Å². The lowest BCUT2D eigenvalue weighted by Crippen LogP contribution is -2.47. The fraction of sp³-hybridized carbons (Fsp3) is 0.321. The van der Waals surface area contributed by atoms with Gasteiger partial charge in [0.05, 0.1) is 13.5 Å². The number of methoxy groups -OCH3 is 1. The second kappa shape index (κ2) is 10.9. The quantitative estimate of drug-likeness (QED) is 0.493. The Labute approximate surface area is 201 Å². The van der Waals surface area contributed by atoms with Gasteiger partial charge >= 0.3 is 0 Å². The number of benzene rings is 3. The van der Waals surface area contributed by atoms with E-state index in [4.69, 9.17) is 16.3 Å². The molecule has 3 aromatic carbocycles. The van der Waals surface area contributed by atoms with Crippen LogP contribution in [0.4, 0.5) is 0 Å². The minimum atomic E-state index is 0.0743. The molecule has 5 heteroatoms. The van der Waals surface area contributed by atoms with Gasteiger partial charge in [-0.3, -0.25) is 9.69 Å². The third-order valence-corrected chi connectivity index (χ3v) is 6.64. The number of ether oxygens (including phenoxy) is 1. The molecule has 172 valence electrons. The van der Waals surface area contributed by atoms with Gasteiger partial charge in [-0.2, -0.15) is 0 Å². The lowest BCUT2D eigenvalue weighted by molar-refractivity contribution is -0.121. The molecule has 0 aliphatic carbocycles. The van der Waals surface area contributed by atoms with E-state index in [9.17, 15) is 4.79 Å². The molecule has 1 saturated heterocycles. The smallest absolute Gasteiger partial charge is 0.224 e. The van der Waals surface area contributed by atoms with E-state index < -0.39 is 0 Å². The lowest BCUT2D eigenvalue weighted by Gasteiger charge is -2.33. The van der Waals surface area contributed by atoms with E-state index in [0.29, 0.717) is 6.42 Å². The number of halogens is 1. The highest BCUT2D eigenvalue weighted by molar-refractivity contribution is 6.31. The van der Waals surface area contributed by atoms with Gasteiger partial charge in [0.1, 0.15) is 5.75 Å². The normalized spacial score (nSPS) is 16.4. The van der Waals surface area contributed by atoms with Crippen molar-refractivity contribution in [1.29, 1.82) is 0 Å². The zero-order valence-electron chi connectivity index (χ0n) is 19.3. The van der Waals surface area contributed by atoms with E-state index in [-0.39, 0.29) is 11.9 Å². The molecule has 4 rings (SSSR count). The van der Waals surface area contributed by atoms with Gasteiger partial charge in [0.2, 0.25) is 5.91 Å². The van der Waals surface area contributed by atoms with Crippen molar-refractivity contribution in [3.8, 4) is 16.9 Å². The number of carbonyl (C=O) groups is 1. The Bertz CT molecular complexity index is 1100. The molecule has 1 atom stereocenters. The predicted octanol–water partition coefficient (Wildman–Crippen LogP) is 5.65. The van der Waals surface area contributed by atoms with E-state index >= 15 is 0 Å². The first-order valence-electron chi connectivity index (χ1n) is 11.5. The molecule has 0 radical (unpaired) electrons. The first-order valence-corrected chi connectivity index (χ1v) is 11.9. The molecule has 0 bridgehead atoms. The number of hydrogen-bond donors (Lipinski definition) is 1. The third kappa shape index (κ3) is 6.37. The molecule has 1 aliphatic rings. The van der Waals surface area contributed by atoms with Crippen molar-refractivity contribution in [2.75, 3.05) is 20.2 Å². The van der Waals surface area contributed by atoms with Crippen LogP contribution < -0.4 is 10.1 Å². The van der Waals surface area contributed by atoms with Crippen LogP contribution >= 0.6 is 11.6 Å². The SMILES string of the molecule is COc1ccc(CC(=O)NC2CCCN(Cc3cccc(-c4ccc(C)c(Cl)c4)c3)C2)cc1. The van der Waals surface area contributed by atoms with Crippen LogP contribution in [0.1, 0.15) is 29.5 Å². The van der Waals surface area contributed by atoms with Gasteiger partial charge < -0.3 is 10.1 Å². The van der Waals surface area contributed by atoms with Crippen LogP contribution in [0.15, 0.2) is 66.7 Å². The van der Waals surface area contributed by atoms with E-state index in [0.717, 1.165) is 59.9 Å². The summed E-state index contributed by atoms with van der Waals surface area (Å²) in [7, 11) is 1.64. The summed E-state index contributed by atoms with van der Waals surface area (Å²) in [5.41, 5.74) is 5.67. The standard InChI is InChI=1S/C28H31ClN2O2/c1-20-8-11-24(17-27(20)29)23-6-3-5-22(15-23)18-31-14-4-7-25(19-31)30-28(32)16-21-9-12-26(33-2)13-10-21/h3,5-6,8-13,15,17,25H,4,7,14,16,18-19H2,1-2H3,(H,30,32). The van der Waals surface area contributed by atoms with Crippen molar-refractivity contribution in [2.24, 2.45) is 0 Å². The summed E-state index contributed by atoms with van der Waals surface area (Å²) in [6.07, 6.45) is 2.50. The summed E-state index contributed by atoms with van der Waals surface area (Å²) >= 11 is 6.33. The number of piperidine rings is 1. The van der Waals surface area contributed by atoms with E-state index in [2.05, 4.69) is 46.6 Å². The number of likely N-dealkylation sites (tertiary alicyclic amines) is 1. The van der Waals surface area contributed by atoms with Crippen molar-refractivity contribution in [1.82, 2.24) is 10.2 Å². The first-order chi connectivity index (χ1) is 16.0. The number of hydrogen-bond acceptors (Lipinski definition) is 3. The highest BCUT2D eigenvalue weighted by Gasteiger charge is 2.21. The van der Waals surface area contributed by atoms with Crippen LogP contribution in [0.3, 0.4) is 0 Å². The van der Waals surface area contributed by atoms with Crippen molar-refractivity contribution in [3.05, 3.63) is 88.4 Å². The average molecular weight is 463 g/mol. The lowest BCUT2D eigenvalue weighted by atomic mass is 10.0. The Morgan fingerprint density at radius 1 is 1.06 bits per heavy atom. The second-order valence-electron chi connectivity index (χ2n) is 8.83. The molecule has 1 fully saturated rings. The molecule has 1 aliphatic heterocycles. The number of carbonyl (C=O) groups excluding carboxylic acids is 1. The maximum atomic E-state index is 12.6. The van der Waals surface area contributed by atoms with E-state index in [1.807, 2.05) is 37.3 Å². The maximum absolute atomic E-state index is 12.6. The average Bonchev–Trinajstić information content (AvgIpc) is 2.82. The van der Waals surface area contributed by atoms with Crippen LogP contribution in [-0.4, -0.2) is 37.0 Å². The highest BCUT2D eigenvalue weighted by Crippen LogP contribution is 2.26.